The van der Waals surface area contributed by atoms with E-state index in [-0.39, 0.29) is 33.6 Å². The van der Waals surface area contributed by atoms with Crippen LogP contribution in [0.25, 0.3) is 0 Å². The van der Waals surface area contributed by atoms with Crippen molar-refractivity contribution in [1.29, 1.82) is 0 Å². The van der Waals surface area contributed by atoms with E-state index in [4.69, 9.17) is 14.9 Å². The molecule has 1 heterocycles. The minimum atomic E-state index is -5.94. The molecule has 1 amide bonds. The molecule has 0 bridgehead atoms. The minimum absolute atomic E-state index is 0.0161. The quantitative estimate of drug-likeness (QED) is 0.179. The van der Waals surface area contributed by atoms with Crippen LogP contribution < -0.4 is 14.9 Å². The van der Waals surface area contributed by atoms with Crippen LogP contribution in [0, 0.1) is 0 Å². The van der Waals surface area contributed by atoms with Gasteiger partial charge in [0.25, 0.3) is 14.2 Å². The molecule has 1 aliphatic rings. The number of nitrogen functional groups attached to an aromatic ring is 1. The van der Waals surface area contributed by atoms with Crippen molar-refractivity contribution in [2.75, 3.05) is 19.5 Å². The number of amides is 1. The molecule has 9 nitrogen and oxygen atoms in total. The van der Waals surface area contributed by atoms with Gasteiger partial charge < -0.3 is 29.1 Å². The Morgan fingerprint density at radius 3 is 2.11 bits per heavy atom. The average molecular weight is 569 g/mol. The van der Waals surface area contributed by atoms with Gasteiger partial charge in [-0.3, -0.25) is 4.79 Å². The highest BCUT2D eigenvalue weighted by atomic mass is 32.2. The van der Waals surface area contributed by atoms with Crippen molar-refractivity contribution in [3.8, 4) is 11.5 Å². The molecule has 0 saturated carbocycles. The number of aliphatic hydroxyl groups is 1. The van der Waals surface area contributed by atoms with Crippen LogP contribution in [0.4, 0.5) is 18.9 Å². The lowest BCUT2D eigenvalue weighted by Gasteiger charge is -2.42. The minimum Gasteiger partial charge on any atom is -0.540 e. The van der Waals surface area contributed by atoms with Crippen molar-refractivity contribution >= 4 is 30.0 Å². The van der Waals surface area contributed by atoms with E-state index in [0.717, 1.165) is 11.1 Å². The van der Waals surface area contributed by atoms with Crippen molar-refractivity contribution in [2.24, 2.45) is 0 Å². The van der Waals surface area contributed by atoms with Crippen molar-refractivity contribution in [2.45, 2.75) is 76.1 Å². The first-order valence-electron chi connectivity index (χ1n) is 11.7. The third-order valence-electron chi connectivity index (χ3n) is 6.62. The zero-order chi connectivity index (χ0) is 28.5. The fraction of sp³-hybridized carbons (Fsp3) is 0.609. The Morgan fingerprint density at radius 1 is 1.14 bits per heavy atom. The Hall–Kier alpha value is -2.45. The molecule has 3 N–H and O–H groups in total. The zero-order valence-corrected chi connectivity index (χ0v) is 23.7. The van der Waals surface area contributed by atoms with Crippen LogP contribution in [0.3, 0.4) is 0 Å². The summed E-state index contributed by atoms with van der Waals surface area (Å²) in [6, 6.07) is 1.77. The van der Waals surface area contributed by atoms with Gasteiger partial charge in [0, 0.05) is 24.4 Å². The summed E-state index contributed by atoms with van der Waals surface area (Å²) in [7, 11) is -6.95. The summed E-state index contributed by atoms with van der Waals surface area (Å²) >= 11 is 0. The number of hydrogen-bond donors (Lipinski definition) is 2. The molecular weight excluding hydrogens is 533 g/mol. The fourth-order valence-electron chi connectivity index (χ4n) is 4.95. The number of carbonyl (C=O) groups is 1. The molecule has 0 saturated heterocycles. The molecule has 2 rings (SSSR count). The maximum atomic E-state index is 13.3. The van der Waals surface area contributed by atoms with E-state index in [2.05, 4.69) is 45.7 Å². The normalized spacial score (nSPS) is 17.0. The molecule has 1 atom stereocenters. The number of ether oxygens (including phenoxy) is 1. The second-order valence-electron chi connectivity index (χ2n) is 9.84. The van der Waals surface area contributed by atoms with E-state index in [9.17, 15) is 31.5 Å². The maximum absolute atomic E-state index is 13.3. The lowest BCUT2D eigenvalue weighted by molar-refractivity contribution is -0.0523. The predicted octanol–water partition coefficient (Wildman–Crippen LogP) is 4.75. The zero-order valence-electron chi connectivity index (χ0n) is 21.9. The summed E-state index contributed by atoms with van der Waals surface area (Å²) in [5, 5.41) is 9.68. The van der Waals surface area contributed by atoms with Gasteiger partial charge in [-0.15, -0.1) is 0 Å². The number of alkyl halides is 3. The number of halogens is 3. The SMILES string of the molecule is COc1cc(C(=O)N2C=C(OS(=O)(=O)C(F)(F)F)C[C@H]2CO)c(N)cc1O[Si](C(C)C)(C(C)C)C(C)C. The van der Waals surface area contributed by atoms with Crippen LogP contribution >= 0.6 is 0 Å². The molecule has 0 aliphatic carbocycles. The molecule has 0 spiro atoms. The molecule has 210 valence electrons. The van der Waals surface area contributed by atoms with Crippen LogP contribution in [-0.2, 0) is 14.3 Å². The lowest BCUT2D eigenvalue weighted by atomic mass is 10.1. The monoisotopic (exact) mass is 568 g/mol. The van der Waals surface area contributed by atoms with E-state index >= 15 is 0 Å². The average Bonchev–Trinajstić information content (AvgIpc) is 3.17. The van der Waals surface area contributed by atoms with E-state index in [1.807, 2.05) is 0 Å². The Kier molecular flexibility index (Phi) is 9.24. The number of anilines is 1. The Labute approximate surface area is 216 Å². The number of methoxy groups -OCH3 is 1. The smallest absolute Gasteiger partial charge is 0.534 e. The summed E-state index contributed by atoms with van der Waals surface area (Å²) in [4.78, 5) is 14.2. The standard InChI is InChI=1S/C23H35F3N2O7SSi/c1-13(2)37(14(3)4,15(5)6)35-21-10-19(27)18(9-20(21)33-7)22(30)28-11-17(8-16(28)12-29)34-36(31,32)23(24,25)26/h9-11,13-16,29H,8,12,27H2,1-7H3/t16-/m0/s1. The van der Waals surface area contributed by atoms with Crippen LogP contribution in [0.1, 0.15) is 58.3 Å². The third-order valence-corrected chi connectivity index (χ3v) is 13.6. The van der Waals surface area contributed by atoms with Crippen LogP contribution in [-0.4, -0.2) is 57.9 Å². The molecule has 37 heavy (non-hydrogen) atoms. The highest BCUT2D eigenvalue weighted by Gasteiger charge is 2.50. The van der Waals surface area contributed by atoms with E-state index in [1.165, 1.54) is 19.2 Å². The topological polar surface area (TPSA) is 128 Å². The molecule has 0 radical (unpaired) electrons. The number of nitrogens with zero attached hydrogens (tertiary/aromatic N) is 1. The van der Waals surface area contributed by atoms with Gasteiger partial charge in [-0.1, -0.05) is 41.5 Å². The summed E-state index contributed by atoms with van der Waals surface area (Å²) in [6.45, 7) is 12.0. The lowest BCUT2D eigenvalue weighted by Crippen LogP contribution is -2.50. The summed E-state index contributed by atoms with van der Waals surface area (Å²) < 4.78 is 77.2. The second-order valence-corrected chi connectivity index (χ2v) is 16.8. The summed E-state index contributed by atoms with van der Waals surface area (Å²) in [5.41, 5.74) is 1.25. The van der Waals surface area contributed by atoms with Gasteiger partial charge in [0.15, 0.2) is 5.75 Å². The highest BCUT2D eigenvalue weighted by Crippen LogP contribution is 2.46. The molecule has 1 aromatic rings. The predicted molar refractivity (Wildman–Crippen MR) is 135 cm³/mol. The number of hydrogen-bond acceptors (Lipinski definition) is 8. The van der Waals surface area contributed by atoms with Gasteiger partial charge in [0.1, 0.15) is 11.5 Å². The first-order valence-corrected chi connectivity index (χ1v) is 15.3. The van der Waals surface area contributed by atoms with E-state index in [1.54, 1.807) is 0 Å². The van der Waals surface area contributed by atoms with Gasteiger partial charge in [-0.05, 0) is 22.7 Å². The van der Waals surface area contributed by atoms with E-state index in [0.29, 0.717) is 5.75 Å². The van der Waals surface area contributed by atoms with Crippen LogP contribution in [0.15, 0.2) is 24.1 Å². The molecule has 1 aliphatic heterocycles. The first-order chi connectivity index (χ1) is 16.9. The Bertz CT molecular complexity index is 1120. The molecule has 0 fully saturated rings. The van der Waals surface area contributed by atoms with Crippen molar-refractivity contribution in [3.05, 3.63) is 29.7 Å². The van der Waals surface area contributed by atoms with Gasteiger partial charge in [-0.2, -0.15) is 21.6 Å². The maximum Gasteiger partial charge on any atom is 0.534 e. The molecule has 14 heteroatoms. The van der Waals surface area contributed by atoms with E-state index < -0.39 is 54.7 Å². The highest BCUT2D eigenvalue weighted by molar-refractivity contribution is 7.87. The molecule has 0 unspecified atom stereocenters. The fourth-order valence-corrected chi connectivity index (χ4v) is 10.7. The van der Waals surface area contributed by atoms with Gasteiger partial charge in [0.05, 0.1) is 25.3 Å². The molecular formula is C23H35F3N2O7SSi. The van der Waals surface area contributed by atoms with Gasteiger partial charge in [0.2, 0.25) is 0 Å². The third kappa shape index (κ3) is 6.01. The van der Waals surface area contributed by atoms with Gasteiger partial charge in [-0.25, -0.2) is 0 Å². The Morgan fingerprint density at radius 2 is 1.68 bits per heavy atom. The largest absolute Gasteiger partial charge is 0.540 e. The summed E-state index contributed by atoms with van der Waals surface area (Å²) in [5.74, 6) is -0.826. The first kappa shape index (κ1) is 30.8. The number of benzene rings is 1. The second kappa shape index (κ2) is 11.1. The van der Waals surface area contributed by atoms with Gasteiger partial charge >= 0.3 is 15.6 Å². The summed E-state index contributed by atoms with van der Waals surface area (Å²) in [6.07, 6.45) is 0.373. The number of rotatable bonds is 10. The number of carbonyl (C=O) groups excluding carboxylic acids is 1. The van der Waals surface area contributed by atoms with Crippen LogP contribution in [0.5, 0.6) is 11.5 Å². The number of aliphatic hydroxyl groups excluding tert-OH is 1. The molecule has 1 aromatic carbocycles. The molecule has 0 aromatic heterocycles. The van der Waals surface area contributed by atoms with Crippen LogP contribution in [0.2, 0.25) is 16.6 Å². The van der Waals surface area contributed by atoms with Crippen molar-refractivity contribution in [1.82, 2.24) is 4.90 Å². The number of nitrogens with two attached hydrogens (primary N) is 1. The van der Waals surface area contributed by atoms with Crippen molar-refractivity contribution in [3.63, 3.8) is 0 Å². The van der Waals surface area contributed by atoms with Crippen molar-refractivity contribution < 1.29 is 44.8 Å². The Balaban J connectivity index is 2.48.